The summed E-state index contributed by atoms with van der Waals surface area (Å²) in [7, 11) is 1.63. The van der Waals surface area contributed by atoms with Gasteiger partial charge in [-0.25, -0.2) is 4.68 Å². The number of carbonyl (C=O) groups excluding carboxylic acids is 1. The lowest BCUT2D eigenvalue weighted by molar-refractivity contribution is -0.141. The van der Waals surface area contributed by atoms with Crippen LogP contribution < -0.4 is 5.73 Å². The van der Waals surface area contributed by atoms with Gasteiger partial charge in [0, 0.05) is 31.4 Å². The van der Waals surface area contributed by atoms with Gasteiger partial charge in [0.2, 0.25) is 0 Å². The summed E-state index contributed by atoms with van der Waals surface area (Å²) in [4.78, 5) is 13.8. The van der Waals surface area contributed by atoms with Crippen molar-refractivity contribution >= 4 is 5.91 Å². The van der Waals surface area contributed by atoms with Crippen LogP contribution in [0.3, 0.4) is 0 Å². The third kappa shape index (κ3) is 3.70. The lowest BCUT2D eigenvalue weighted by Crippen LogP contribution is -2.39. The van der Waals surface area contributed by atoms with Crippen LogP contribution in [-0.2, 0) is 6.18 Å². The van der Waals surface area contributed by atoms with E-state index in [9.17, 15) is 18.0 Å². The SMILES string of the molecule is CC(CN)N(C)C(=O)c1cccc(-n2ccc(C(F)(F)F)n2)c1. The minimum Gasteiger partial charge on any atom is -0.338 e. The first-order chi connectivity index (χ1) is 10.7. The third-order valence-electron chi connectivity index (χ3n) is 3.56. The molecular formula is C15H17F3N4O. The smallest absolute Gasteiger partial charge is 0.338 e. The highest BCUT2D eigenvalue weighted by atomic mass is 19.4. The first-order valence-electron chi connectivity index (χ1n) is 6.94. The number of rotatable bonds is 4. The molecule has 1 unspecified atom stereocenters. The van der Waals surface area contributed by atoms with E-state index in [4.69, 9.17) is 5.73 Å². The molecule has 0 saturated heterocycles. The molecule has 23 heavy (non-hydrogen) atoms. The van der Waals surface area contributed by atoms with E-state index in [0.29, 0.717) is 17.8 Å². The average Bonchev–Trinajstić information content (AvgIpc) is 3.03. The Hall–Kier alpha value is -2.35. The van der Waals surface area contributed by atoms with Gasteiger partial charge < -0.3 is 10.6 Å². The van der Waals surface area contributed by atoms with E-state index in [1.54, 1.807) is 25.2 Å². The minimum absolute atomic E-state index is 0.146. The van der Waals surface area contributed by atoms with Crippen molar-refractivity contribution in [3.8, 4) is 5.69 Å². The molecule has 1 heterocycles. The molecule has 2 N–H and O–H groups in total. The fourth-order valence-electron chi connectivity index (χ4n) is 1.96. The van der Waals surface area contributed by atoms with Crippen LogP contribution in [0.25, 0.3) is 5.69 Å². The molecule has 1 aromatic carbocycles. The molecule has 124 valence electrons. The van der Waals surface area contributed by atoms with Crippen molar-refractivity contribution in [1.29, 1.82) is 0 Å². The quantitative estimate of drug-likeness (QED) is 0.938. The van der Waals surface area contributed by atoms with E-state index in [1.807, 2.05) is 6.92 Å². The predicted molar refractivity (Wildman–Crippen MR) is 79.2 cm³/mol. The number of hydrogen-bond donors (Lipinski definition) is 1. The Morgan fingerprint density at radius 3 is 2.65 bits per heavy atom. The van der Waals surface area contributed by atoms with Crippen molar-refractivity contribution in [2.24, 2.45) is 5.73 Å². The number of amides is 1. The number of nitrogens with zero attached hydrogens (tertiary/aromatic N) is 3. The van der Waals surface area contributed by atoms with Gasteiger partial charge >= 0.3 is 6.18 Å². The summed E-state index contributed by atoms with van der Waals surface area (Å²) in [5.41, 5.74) is 5.29. The number of benzene rings is 1. The second kappa shape index (κ2) is 6.41. The van der Waals surface area contributed by atoms with Crippen LogP contribution in [0.1, 0.15) is 23.0 Å². The van der Waals surface area contributed by atoms with Crippen molar-refractivity contribution in [3.05, 3.63) is 47.8 Å². The molecule has 0 aliphatic carbocycles. The minimum atomic E-state index is -4.50. The first kappa shape index (κ1) is 17.0. The van der Waals surface area contributed by atoms with E-state index in [-0.39, 0.29) is 11.9 Å². The second-order valence-electron chi connectivity index (χ2n) is 5.19. The van der Waals surface area contributed by atoms with Gasteiger partial charge in [0.15, 0.2) is 5.69 Å². The van der Waals surface area contributed by atoms with Gasteiger partial charge in [0.05, 0.1) is 5.69 Å². The molecular weight excluding hydrogens is 309 g/mol. The fourth-order valence-corrected chi connectivity index (χ4v) is 1.96. The van der Waals surface area contributed by atoms with Crippen LogP contribution in [0.15, 0.2) is 36.5 Å². The lowest BCUT2D eigenvalue weighted by atomic mass is 10.1. The van der Waals surface area contributed by atoms with E-state index in [2.05, 4.69) is 5.10 Å². The summed E-state index contributed by atoms with van der Waals surface area (Å²) in [5, 5.41) is 3.50. The molecule has 5 nitrogen and oxygen atoms in total. The Morgan fingerprint density at radius 1 is 1.39 bits per heavy atom. The fraction of sp³-hybridized carbons (Fsp3) is 0.333. The molecule has 2 aromatic rings. The van der Waals surface area contributed by atoms with Crippen molar-refractivity contribution in [3.63, 3.8) is 0 Å². The Morgan fingerprint density at radius 2 is 2.09 bits per heavy atom. The molecule has 0 radical (unpaired) electrons. The predicted octanol–water partition coefficient (Wildman–Crippen LogP) is 2.31. The van der Waals surface area contributed by atoms with Crippen LogP contribution in [0, 0.1) is 0 Å². The van der Waals surface area contributed by atoms with Crippen molar-refractivity contribution in [1.82, 2.24) is 14.7 Å². The zero-order valence-corrected chi connectivity index (χ0v) is 12.7. The zero-order valence-electron chi connectivity index (χ0n) is 12.7. The lowest BCUT2D eigenvalue weighted by Gasteiger charge is -2.23. The average molecular weight is 326 g/mol. The van der Waals surface area contributed by atoms with Gasteiger partial charge in [-0.3, -0.25) is 4.79 Å². The molecule has 1 atom stereocenters. The molecule has 0 aliphatic rings. The molecule has 8 heteroatoms. The number of carbonyl (C=O) groups is 1. The number of aromatic nitrogens is 2. The van der Waals surface area contributed by atoms with Gasteiger partial charge in [-0.05, 0) is 31.2 Å². The van der Waals surface area contributed by atoms with Gasteiger partial charge in [-0.2, -0.15) is 18.3 Å². The van der Waals surface area contributed by atoms with Crippen LogP contribution >= 0.6 is 0 Å². The van der Waals surface area contributed by atoms with E-state index < -0.39 is 11.9 Å². The summed E-state index contributed by atoms with van der Waals surface area (Å²) in [6.07, 6.45) is -3.30. The van der Waals surface area contributed by atoms with E-state index in [1.165, 1.54) is 17.2 Å². The second-order valence-corrected chi connectivity index (χ2v) is 5.19. The number of halogens is 3. The maximum Gasteiger partial charge on any atom is 0.435 e. The maximum atomic E-state index is 12.6. The molecule has 0 fully saturated rings. The summed E-state index contributed by atoms with van der Waals surface area (Å²) in [5.74, 6) is -0.256. The molecule has 2 rings (SSSR count). The third-order valence-corrected chi connectivity index (χ3v) is 3.56. The van der Waals surface area contributed by atoms with Gasteiger partial charge in [-0.1, -0.05) is 6.07 Å². The standard InChI is InChI=1S/C15H17F3N4O/c1-10(9-19)21(2)14(23)11-4-3-5-12(8-11)22-7-6-13(20-22)15(16,17)18/h3-8,10H,9,19H2,1-2H3. The van der Waals surface area contributed by atoms with Crippen molar-refractivity contribution in [2.45, 2.75) is 19.1 Å². The highest BCUT2D eigenvalue weighted by molar-refractivity contribution is 5.94. The molecule has 1 aromatic heterocycles. The van der Waals surface area contributed by atoms with Gasteiger partial charge in [-0.15, -0.1) is 0 Å². The Balaban J connectivity index is 2.30. The van der Waals surface area contributed by atoms with Crippen LogP contribution in [0.2, 0.25) is 0 Å². The van der Waals surface area contributed by atoms with Crippen molar-refractivity contribution in [2.75, 3.05) is 13.6 Å². The largest absolute Gasteiger partial charge is 0.435 e. The number of nitrogens with two attached hydrogens (primary N) is 1. The molecule has 0 aliphatic heterocycles. The normalized spacial score (nSPS) is 13.0. The first-order valence-corrected chi connectivity index (χ1v) is 6.94. The summed E-state index contributed by atoms with van der Waals surface area (Å²) in [6, 6.07) is 7.01. The Kier molecular flexibility index (Phi) is 4.74. The van der Waals surface area contributed by atoms with Gasteiger partial charge in [0.25, 0.3) is 5.91 Å². The van der Waals surface area contributed by atoms with E-state index in [0.717, 1.165) is 10.7 Å². The molecule has 0 saturated carbocycles. The zero-order chi connectivity index (χ0) is 17.2. The summed E-state index contributed by atoms with van der Waals surface area (Å²) < 4.78 is 38.9. The highest BCUT2D eigenvalue weighted by Crippen LogP contribution is 2.28. The van der Waals surface area contributed by atoms with Crippen molar-refractivity contribution < 1.29 is 18.0 Å². The Bertz CT molecular complexity index is 696. The number of hydrogen-bond acceptors (Lipinski definition) is 3. The van der Waals surface area contributed by atoms with Crippen LogP contribution in [0.4, 0.5) is 13.2 Å². The van der Waals surface area contributed by atoms with Crippen LogP contribution in [-0.4, -0.2) is 40.2 Å². The topological polar surface area (TPSA) is 64.2 Å². The number of alkyl halides is 3. The number of likely N-dealkylation sites (N-methyl/N-ethyl adjacent to an activating group) is 1. The Labute approximate surface area is 131 Å². The highest BCUT2D eigenvalue weighted by Gasteiger charge is 2.33. The molecule has 0 spiro atoms. The summed E-state index contributed by atoms with van der Waals surface area (Å²) >= 11 is 0. The monoisotopic (exact) mass is 326 g/mol. The maximum absolute atomic E-state index is 12.6. The molecule has 0 bridgehead atoms. The van der Waals surface area contributed by atoms with Crippen LogP contribution in [0.5, 0.6) is 0 Å². The molecule has 1 amide bonds. The van der Waals surface area contributed by atoms with E-state index >= 15 is 0 Å². The van der Waals surface area contributed by atoms with Gasteiger partial charge in [0.1, 0.15) is 0 Å². The summed E-state index contributed by atoms with van der Waals surface area (Å²) in [6.45, 7) is 2.13.